The summed E-state index contributed by atoms with van der Waals surface area (Å²) in [5.74, 6) is -0.837. The van der Waals surface area contributed by atoms with Gasteiger partial charge in [-0.25, -0.2) is 17.8 Å². The van der Waals surface area contributed by atoms with Crippen LogP contribution in [0.5, 0.6) is 23.0 Å². The molecule has 0 spiro atoms. The van der Waals surface area contributed by atoms with Gasteiger partial charge in [-0.05, 0) is 73.9 Å². The monoisotopic (exact) mass is 721 g/mol. The topological polar surface area (TPSA) is 181 Å². The number of fused-ring (bicyclic) bond motifs is 8. The summed E-state index contributed by atoms with van der Waals surface area (Å²) in [7, 11) is -2.49. The number of hydrogen-bond donors (Lipinski definition) is 3. The second-order valence-corrected chi connectivity index (χ2v) is 14.2. The molecular weight excluding hydrogens is 685 g/mol. The van der Waals surface area contributed by atoms with E-state index < -0.39 is 46.3 Å². The Labute approximate surface area is 293 Å². The summed E-state index contributed by atoms with van der Waals surface area (Å²) in [4.78, 5) is 46.5. The van der Waals surface area contributed by atoms with Crippen LogP contribution in [-0.2, 0) is 37.4 Å². The van der Waals surface area contributed by atoms with Gasteiger partial charge in [0.2, 0.25) is 33.6 Å². The molecule has 4 aromatic rings. The van der Waals surface area contributed by atoms with Crippen molar-refractivity contribution in [3.63, 3.8) is 0 Å². The standard InChI is InChI=1S/C35H36FN5O9S/c1-20-26-17-37-34(45)27-16-24(38-32(43)19-41(51(3,46)47)25-6-4-5-23(36)15-25)18-40(27)33(44)12-8-21-7-10-28(42)30(13-21)50-31-14-22(35(39-26)49-20)9-11-29(31)48-2/h4-7,9-11,13-15,24,27,42H,8,12,16-19H2,1-3H3,(H,37,45)(H,38,43)/t24-,27-/m0/s1. The van der Waals surface area contributed by atoms with Crippen molar-refractivity contribution in [2.75, 3.05) is 30.8 Å². The maximum Gasteiger partial charge on any atom is 0.243 e. The maximum absolute atomic E-state index is 13.9. The van der Waals surface area contributed by atoms with E-state index in [4.69, 9.17) is 13.9 Å². The molecule has 0 unspecified atom stereocenters. The van der Waals surface area contributed by atoms with Gasteiger partial charge in [-0.2, -0.15) is 0 Å². The van der Waals surface area contributed by atoms with Gasteiger partial charge in [-0.15, -0.1) is 0 Å². The van der Waals surface area contributed by atoms with Crippen molar-refractivity contribution in [1.29, 1.82) is 0 Å². The predicted octanol–water partition coefficient (Wildman–Crippen LogP) is 3.41. The number of aromatic hydroxyl groups is 1. The number of sulfonamides is 1. The highest BCUT2D eigenvalue weighted by atomic mass is 32.2. The second-order valence-electron chi connectivity index (χ2n) is 12.3. The van der Waals surface area contributed by atoms with E-state index in [2.05, 4.69) is 15.6 Å². The first kappa shape index (κ1) is 35.2. The molecular formula is C35H36FN5O9S. The first-order valence-electron chi connectivity index (χ1n) is 16.0. The number of carbonyl (C=O) groups excluding carboxylic acids is 3. The van der Waals surface area contributed by atoms with E-state index in [0.29, 0.717) is 28.3 Å². The number of aryl methyl sites for hydroxylation is 2. The molecule has 0 saturated carbocycles. The largest absolute Gasteiger partial charge is 0.504 e. The summed E-state index contributed by atoms with van der Waals surface area (Å²) in [5, 5.41) is 16.2. The summed E-state index contributed by atoms with van der Waals surface area (Å²) in [6, 6.07) is 13.0. The Morgan fingerprint density at radius 3 is 2.69 bits per heavy atom. The molecule has 3 heterocycles. The lowest BCUT2D eigenvalue weighted by Crippen LogP contribution is -2.46. The van der Waals surface area contributed by atoms with Crippen LogP contribution >= 0.6 is 0 Å². The molecule has 268 valence electrons. The Morgan fingerprint density at radius 2 is 1.94 bits per heavy atom. The van der Waals surface area contributed by atoms with Gasteiger partial charge in [0.25, 0.3) is 0 Å². The third-order valence-electron chi connectivity index (χ3n) is 8.68. The zero-order valence-corrected chi connectivity index (χ0v) is 28.8. The number of phenols is 1. The SMILES string of the molecule is COc1ccc2cc1Oc1cc(ccc1O)CCC(=O)N1C[C@@H](NC(=O)CN(c3cccc(F)c3)S(C)(=O)=O)C[C@H]1C(=O)NCc1nc-2oc1C. The van der Waals surface area contributed by atoms with Crippen LogP contribution < -0.4 is 24.4 Å². The number of halogens is 1. The lowest BCUT2D eigenvalue weighted by molar-refractivity contribution is -0.138. The van der Waals surface area contributed by atoms with Crippen molar-refractivity contribution in [3.05, 3.63) is 83.5 Å². The number of methoxy groups -OCH3 is 1. The van der Waals surface area contributed by atoms with Gasteiger partial charge in [-0.3, -0.25) is 18.7 Å². The molecule has 3 aromatic carbocycles. The Kier molecular flexibility index (Phi) is 9.87. The lowest BCUT2D eigenvalue weighted by Gasteiger charge is -2.24. The van der Waals surface area contributed by atoms with Crippen LogP contribution in [0.1, 0.15) is 29.9 Å². The highest BCUT2D eigenvalue weighted by Crippen LogP contribution is 2.39. The maximum atomic E-state index is 13.9. The van der Waals surface area contributed by atoms with Gasteiger partial charge < -0.3 is 34.5 Å². The number of anilines is 1. The molecule has 1 saturated heterocycles. The molecule has 2 atom stereocenters. The van der Waals surface area contributed by atoms with E-state index in [1.54, 1.807) is 37.3 Å². The smallest absolute Gasteiger partial charge is 0.243 e. The number of ether oxygens (including phenoxy) is 2. The van der Waals surface area contributed by atoms with Crippen LogP contribution in [0, 0.1) is 12.7 Å². The number of oxazole rings is 1. The minimum atomic E-state index is -3.97. The van der Waals surface area contributed by atoms with Crippen LogP contribution in [0.15, 0.2) is 65.1 Å². The summed E-state index contributed by atoms with van der Waals surface area (Å²) >= 11 is 0. The van der Waals surface area contributed by atoms with Gasteiger partial charge in [-0.1, -0.05) is 12.1 Å². The second kappa shape index (κ2) is 14.3. The number of aromatic nitrogens is 1. The lowest BCUT2D eigenvalue weighted by atomic mass is 10.1. The van der Waals surface area contributed by atoms with Gasteiger partial charge in [0.1, 0.15) is 29.9 Å². The van der Waals surface area contributed by atoms with Crippen LogP contribution in [-0.4, -0.2) is 79.7 Å². The fourth-order valence-electron chi connectivity index (χ4n) is 6.10. The fraction of sp³-hybridized carbons (Fsp3) is 0.314. The molecule has 6 bridgehead atoms. The average Bonchev–Trinajstić information content (AvgIpc) is 3.68. The highest BCUT2D eigenvalue weighted by Gasteiger charge is 2.40. The molecule has 14 nitrogen and oxygen atoms in total. The summed E-state index contributed by atoms with van der Waals surface area (Å²) in [6.45, 7) is 1.02. The third kappa shape index (κ3) is 7.90. The molecule has 0 aliphatic carbocycles. The highest BCUT2D eigenvalue weighted by molar-refractivity contribution is 7.92. The molecule has 6 rings (SSSR count). The Morgan fingerprint density at radius 1 is 1.14 bits per heavy atom. The van der Waals surface area contributed by atoms with E-state index in [0.717, 1.165) is 22.7 Å². The molecule has 2 aliphatic heterocycles. The molecule has 1 aromatic heterocycles. The summed E-state index contributed by atoms with van der Waals surface area (Å²) in [5.41, 5.74) is 1.65. The van der Waals surface area contributed by atoms with E-state index >= 15 is 0 Å². The summed E-state index contributed by atoms with van der Waals surface area (Å²) in [6.07, 6.45) is 1.18. The van der Waals surface area contributed by atoms with Crippen LogP contribution in [0.2, 0.25) is 0 Å². The van der Waals surface area contributed by atoms with Crippen molar-refractivity contribution in [1.82, 2.24) is 20.5 Å². The molecule has 3 amide bonds. The van der Waals surface area contributed by atoms with Gasteiger partial charge >= 0.3 is 0 Å². The zero-order chi connectivity index (χ0) is 36.4. The van der Waals surface area contributed by atoms with Crippen molar-refractivity contribution >= 4 is 33.4 Å². The Bertz CT molecular complexity index is 2100. The number of carbonyl (C=O) groups is 3. The molecule has 1 fully saturated rings. The number of phenolic OH excluding ortho intramolecular Hbond substituents is 1. The van der Waals surface area contributed by atoms with E-state index in [9.17, 15) is 32.3 Å². The van der Waals surface area contributed by atoms with Crippen molar-refractivity contribution in [2.24, 2.45) is 0 Å². The van der Waals surface area contributed by atoms with E-state index in [1.807, 2.05) is 0 Å². The molecule has 51 heavy (non-hydrogen) atoms. The zero-order valence-electron chi connectivity index (χ0n) is 28.0. The molecule has 16 heteroatoms. The average molecular weight is 722 g/mol. The van der Waals surface area contributed by atoms with Crippen LogP contribution in [0.25, 0.3) is 11.5 Å². The minimum Gasteiger partial charge on any atom is -0.504 e. The number of hydrogen-bond acceptors (Lipinski definition) is 10. The number of nitrogens with one attached hydrogen (secondary N) is 2. The summed E-state index contributed by atoms with van der Waals surface area (Å²) < 4.78 is 57.2. The number of nitrogens with zero attached hydrogens (tertiary/aromatic N) is 3. The van der Waals surface area contributed by atoms with Crippen LogP contribution in [0.3, 0.4) is 0 Å². The van der Waals surface area contributed by atoms with Crippen molar-refractivity contribution in [2.45, 2.75) is 44.8 Å². The number of benzene rings is 3. The fourth-order valence-corrected chi connectivity index (χ4v) is 6.95. The van der Waals surface area contributed by atoms with Gasteiger partial charge in [0.05, 0.1) is 25.6 Å². The minimum absolute atomic E-state index is 0.0132. The number of rotatable bonds is 6. The first-order chi connectivity index (χ1) is 24.3. The Balaban J connectivity index is 1.26. The van der Waals surface area contributed by atoms with E-state index in [1.165, 1.54) is 30.2 Å². The molecule has 3 N–H and O–H groups in total. The molecule has 2 aliphatic rings. The van der Waals surface area contributed by atoms with E-state index in [-0.39, 0.29) is 67.1 Å². The van der Waals surface area contributed by atoms with Crippen molar-refractivity contribution in [3.8, 4) is 34.5 Å². The van der Waals surface area contributed by atoms with Gasteiger partial charge in [0, 0.05) is 24.6 Å². The number of amides is 3. The molecule has 0 radical (unpaired) electrons. The van der Waals surface area contributed by atoms with Gasteiger partial charge in [0.15, 0.2) is 23.0 Å². The first-order valence-corrected chi connectivity index (χ1v) is 17.9. The Hall–Kier alpha value is -5.64. The normalized spacial score (nSPS) is 17.8. The predicted molar refractivity (Wildman–Crippen MR) is 182 cm³/mol. The van der Waals surface area contributed by atoms with Crippen molar-refractivity contribution < 1.29 is 46.2 Å². The third-order valence-corrected chi connectivity index (χ3v) is 9.82. The quantitative estimate of drug-likeness (QED) is 0.267. The van der Waals surface area contributed by atoms with Crippen LogP contribution in [0.4, 0.5) is 10.1 Å².